The van der Waals surface area contributed by atoms with Gasteiger partial charge in [0.1, 0.15) is 5.54 Å². The zero-order valence-corrected chi connectivity index (χ0v) is 13.4. The Morgan fingerprint density at radius 2 is 1.91 bits per heavy atom. The third kappa shape index (κ3) is 3.05. The molecule has 0 spiro atoms. The van der Waals surface area contributed by atoms with Crippen molar-refractivity contribution in [3.05, 3.63) is 0 Å². The third-order valence-corrected chi connectivity index (χ3v) is 4.55. The van der Waals surface area contributed by atoms with Crippen LogP contribution in [-0.2, 0) is 23.9 Å². The number of fused-ring (bicyclic) bond motifs is 1. The zero-order valence-electron chi connectivity index (χ0n) is 13.4. The molecule has 0 aliphatic heterocycles. The van der Waals surface area contributed by atoms with Crippen LogP contribution in [-0.4, -0.2) is 54.4 Å². The van der Waals surface area contributed by atoms with E-state index in [0.29, 0.717) is 0 Å². The maximum Gasteiger partial charge on any atom is 0.332 e. The Bertz CT molecular complexity index is 496. The average Bonchev–Trinajstić information content (AvgIpc) is 3.17. The molecule has 130 valence electrons. The van der Waals surface area contributed by atoms with E-state index >= 15 is 0 Å². The van der Waals surface area contributed by atoms with Gasteiger partial charge in [-0.25, -0.2) is 4.79 Å². The molecule has 23 heavy (non-hydrogen) atoms. The predicted octanol–water partition coefficient (Wildman–Crippen LogP) is -1.06. The number of nitrogens with two attached hydrogens (primary N) is 1. The quantitative estimate of drug-likeness (QED) is 0.508. The lowest BCUT2D eigenvalue weighted by atomic mass is 9.89. The highest BCUT2D eigenvalue weighted by molar-refractivity contribution is 5.92. The van der Waals surface area contributed by atoms with Crippen molar-refractivity contribution in [1.82, 2.24) is 5.32 Å². The number of rotatable bonds is 7. The summed E-state index contributed by atoms with van der Waals surface area (Å²) in [4.78, 5) is 36.5. The maximum absolute atomic E-state index is 12.5. The summed E-state index contributed by atoms with van der Waals surface area (Å²) in [5.74, 6) is -2.97. The lowest BCUT2D eigenvalue weighted by Gasteiger charge is -2.31. The van der Waals surface area contributed by atoms with E-state index in [1.807, 2.05) is 0 Å². The molecule has 0 heterocycles. The first-order valence-electron chi connectivity index (χ1n) is 7.95. The minimum Gasteiger partial charge on any atom is -0.466 e. The predicted molar refractivity (Wildman–Crippen MR) is 78.9 cm³/mol. The molecule has 2 aliphatic carbocycles. The number of aliphatic hydroxyl groups is 1. The summed E-state index contributed by atoms with van der Waals surface area (Å²) in [6, 6.07) is 0. The Kier molecular flexibility index (Phi) is 5.26. The van der Waals surface area contributed by atoms with Crippen LogP contribution in [0.1, 0.15) is 26.7 Å². The summed E-state index contributed by atoms with van der Waals surface area (Å²) >= 11 is 0. The first-order chi connectivity index (χ1) is 10.9. The second-order valence-corrected chi connectivity index (χ2v) is 5.93. The summed E-state index contributed by atoms with van der Waals surface area (Å²) in [7, 11) is 0. The minimum atomic E-state index is -1.39. The van der Waals surface area contributed by atoms with Gasteiger partial charge >= 0.3 is 11.9 Å². The highest BCUT2D eigenvalue weighted by Crippen LogP contribution is 2.63. The summed E-state index contributed by atoms with van der Waals surface area (Å²) in [6.07, 6.45) is -0.775. The lowest BCUT2D eigenvalue weighted by molar-refractivity contribution is -0.156. The molecule has 0 aromatic rings. The molecule has 0 bridgehead atoms. The molecule has 0 saturated heterocycles. The molecule has 0 unspecified atom stereocenters. The Morgan fingerprint density at radius 1 is 1.26 bits per heavy atom. The average molecular weight is 328 g/mol. The van der Waals surface area contributed by atoms with Gasteiger partial charge in [-0.2, -0.15) is 0 Å². The lowest BCUT2D eigenvalue weighted by Crippen LogP contribution is -2.57. The molecular formula is C15H24N2O6. The van der Waals surface area contributed by atoms with Crippen molar-refractivity contribution in [3.8, 4) is 0 Å². The van der Waals surface area contributed by atoms with Crippen LogP contribution < -0.4 is 11.1 Å². The molecule has 2 saturated carbocycles. The molecule has 8 heteroatoms. The number of carbonyl (C=O) groups is 3. The van der Waals surface area contributed by atoms with Gasteiger partial charge in [0, 0.05) is 31.2 Å². The number of amides is 1. The molecule has 0 aromatic heterocycles. The number of carbonyl (C=O) groups excluding carboxylic acids is 3. The molecule has 2 aliphatic rings. The van der Waals surface area contributed by atoms with Crippen LogP contribution in [0.4, 0.5) is 0 Å². The van der Waals surface area contributed by atoms with Gasteiger partial charge in [-0.1, -0.05) is 0 Å². The number of hydrogen-bond acceptors (Lipinski definition) is 7. The number of nitrogens with one attached hydrogen (secondary N) is 1. The fourth-order valence-corrected chi connectivity index (χ4v) is 3.70. The van der Waals surface area contributed by atoms with Crippen molar-refractivity contribution in [2.75, 3.05) is 19.8 Å². The van der Waals surface area contributed by atoms with E-state index in [1.54, 1.807) is 13.8 Å². The molecule has 2 rings (SSSR count). The second kappa shape index (κ2) is 6.84. The van der Waals surface area contributed by atoms with Crippen LogP contribution in [0.5, 0.6) is 0 Å². The van der Waals surface area contributed by atoms with Gasteiger partial charge in [0.15, 0.2) is 0 Å². The summed E-state index contributed by atoms with van der Waals surface area (Å²) < 4.78 is 10.1. The van der Waals surface area contributed by atoms with Crippen LogP contribution in [0.3, 0.4) is 0 Å². The molecule has 2 fully saturated rings. The standard InChI is InChI=1S/C15H24N2O6/c1-3-22-13(20)11-10-8(18)7-15(12(10)11,14(21)23-4-2)17-9(19)5-6-16/h8,10-12,18H,3-7,16H2,1-2H3,(H,17,19)/t8-,10-,11-,12-,15-/m0/s1. The zero-order chi connectivity index (χ0) is 17.2. The molecule has 5 atom stereocenters. The number of aliphatic hydroxyl groups excluding tert-OH is 1. The summed E-state index contributed by atoms with van der Waals surface area (Å²) in [5.41, 5.74) is 3.98. The molecule has 0 radical (unpaired) electrons. The highest BCUT2D eigenvalue weighted by Gasteiger charge is 2.76. The van der Waals surface area contributed by atoms with Gasteiger partial charge < -0.3 is 25.6 Å². The summed E-state index contributed by atoms with van der Waals surface area (Å²) in [5, 5.41) is 12.9. The van der Waals surface area contributed by atoms with E-state index in [0.717, 1.165) is 0 Å². The molecular weight excluding hydrogens is 304 g/mol. The fourth-order valence-electron chi connectivity index (χ4n) is 3.70. The first-order valence-corrected chi connectivity index (χ1v) is 7.95. The minimum absolute atomic E-state index is 0.0351. The molecule has 4 N–H and O–H groups in total. The van der Waals surface area contributed by atoms with Gasteiger partial charge in [0.05, 0.1) is 25.2 Å². The van der Waals surface area contributed by atoms with E-state index < -0.39 is 47.2 Å². The Labute approximate surface area is 134 Å². The fraction of sp³-hybridized carbons (Fsp3) is 0.800. The highest BCUT2D eigenvalue weighted by atomic mass is 16.5. The number of hydrogen-bond donors (Lipinski definition) is 3. The van der Waals surface area contributed by atoms with Gasteiger partial charge in [-0.3, -0.25) is 9.59 Å². The van der Waals surface area contributed by atoms with Crippen LogP contribution in [0, 0.1) is 17.8 Å². The topological polar surface area (TPSA) is 128 Å². The van der Waals surface area contributed by atoms with Crippen molar-refractivity contribution >= 4 is 17.8 Å². The monoisotopic (exact) mass is 328 g/mol. The number of esters is 2. The first kappa shape index (κ1) is 17.7. The van der Waals surface area contributed by atoms with Crippen molar-refractivity contribution in [1.29, 1.82) is 0 Å². The van der Waals surface area contributed by atoms with E-state index in [4.69, 9.17) is 15.2 Å². The van der Waals surface area contributed by atoms with E-state index in [1.165, 1.54) is 0 Å². The number of ether oxygens (including phenoxy) is 2. The SMILES string of the molecule is CCOC(=O)[C@H]1[C@H]2[C@@H]1[C@](NC(=O)CCN)(C(=O)OCC)C[C@@H]2O. The van der Waals surface area contributed by atoms with Crippen LogP contribution in [0.15, 0.2) is 0 Å². The smallest absolute Gasteiger partial charge is 0.332 e. The van der Waals surface area contributed by atoms with Gasteiger partial charge in [-0.05, 0) is 13.8 Å². The third-order valence-electron chi connectivity index (χ3n) is 4.55. The van der Waals surface area contributed by atoms with Gasteiger partial charge in [-0.15, -0.1) is 0 Å². The Hall–Kier alpha value is -1.67. The largest absolute Gasteiger partial charge is 0.466 e. The summed E-state index contributed by atoms with van der Waals surface area (Å²) in [6.45, 7) is 3.85. The Balaban J connectivity index is 2.25. The van der Waals surface area contributed by atoms with Crippen molar-refractivity contribution in [3.63, 3.8) is 0 Å². The van der Waals surface area contributed by atoms with Crippen LogP contribution >= 0.6 is 0 Å². The van der Waals surface area contributed by atoms with E-state index in [2.05, 4.69) is 5.32 Å². The van der Waals surface area contributed by atoms with Crippen molar-refractivity contribution in [2.45, 2.75) is 38.3 Å². The van der Waals surface area contributed by atoms with Crippen LogP contribution in [0.25, 0.3) is 0 Å². The second-order valence-electron chi connectivity index (χ2n) is 5.93. The van der Waals surface area contributed by atoms with Crippen molar-refractivity contribution < 1.29 is 29.0 Å². The van der Waals surface area contributed by atoms with Gasteiger partial charge in [0.25, 0.3) is 0 Å². The van der Waals surface area contributed by atoms with Gasteiger partial charge in [0.2, 0.25) is 5.91 Å². The van der Waals surface area contributed by atoms with Crippen LogP contribution in [0.2, 0.25) is 0 Å². The Morgan fingerprint density at radius 3 is 2.48 bits per heavy atom. The molecule has 0 aromatic carbocycles. The van der Waals surface area contributed by atoms with Crippen molar-refractivity contribution in [2.24, 2.45) is 23.5 Å². The molecule has 8 nitrogen and oxygen atoms in total. The van der Waals surface area contributed by atoms with E-state index in [-0.39, 0.29) is 32.6 Å². The maximum atomic E-state index is 12.5. The normalized spacial score (nSPS) is 34.4. The van der Waals surface area contributed by atoms with E-state index in [9.17, 15) is 19.5 Å². The molecule has 1 amide bonds.